The Morgan fingerprint density at radius 3 is 2.83 bits per heavy atom. The van der Waals surface area contributed by atoms with E-state index < -0.39 is 0 Å². The highest BCUT2D eigenvalue weighted by Crippen LogP contribution is 2.36. The molecule has 3 rings (SSSR count). The lowest BCUT2D eigenvalue weighted by Crippen LogP contribution is -2.53. The summed E-state index contributed by atoms with van der Waals surface area (Å²) in [6, 6.07) is 0.358. The lowest BCUT2D eigenvalue weighted by Gasteiger charge is -2.35. The van der Waals surface area contributed by atoms with Gasteiger partial charge in [-0.15, -0.1) is 0 Å². The molecule has 1 N–H and O–H groups in total. The van der Waals surface area contributed by atoms with Crippen LogP contribution in [0.5, 0.6) is 0 Å². The van der Waals surface area contributed by atoms with Gasteiger partial charge in [0.2, 0.25) is 0 Å². The molecule has 1 aliphatic heterocycles. The first kappa shape index (κ1) is 16.3. The normalized spacial score (nSPS) is 21.5. The molecule has 0 radical (unpaired) electrons. The van der Waals surface area contributed by atoms with Crippen molar-refractivity contribution in [3.8, 4) is 0 Å². The first-order chi connectivity index (χ1) is 11.1. The first-order valence-electron chi connectivity index (χ1n) is 8.69. The molecular formula is C17H28N4O2. The van der Waals surface area contributed by atoms with Crippen LogP contribution in [0.25, 0.3) is 0 Å². The van der Waals surface area contributed by atoms with Crippen LogP contribution < -0.4 is 5.32 Å². The average Bonchev–Trinajstić information content (AvgIpc) is 3.35. The SMILES string of the molecule is Cc1nn(C)c(C)c1CCCNC(=O)N1CCOC[C@@H]1C1CC1. The standard InChI is InChI=1S/C17H28N4O2/c1-12-15(13(2)20(3)19-12)5-4-8-18-17(22)21-9-10-23-11-16(21)14-6-7-14/h14,16H,4-11H2,1-3H3,(H,18,22)/t16-/m1/s1. The fourth-order valence-electron chi connectivity index (χ4n) is 3.49. The smallest absolute Gasteiger partial charge is 0.317 e. The van der Waals surface area contributed by atoms with Gasteiger partial charge in [0.1, 0.15) is 0 Å². The molecule has 1 aromatic rings. The average molecular weight is 320 g/mol. The lowest BCUT2D eigenvalue weighted by molar-refractivity contribution is 0.00474. The number of hydrogen-bond acceptors (Lipinski definition) is 3. The summed E-state index contributed by atoms with van der Waals surface area (Å²) < 4.78 is 7.47. The second-order valence-corrected chi connectivity index (χ2v) is 6.78. The second kappa shape index (κ2) is 6.91. The van der Waals surface area contributed by atoms with Crippen molar-refractivity contribution in [1.82, 2.24) is 20.0 Å². The van der Waals surface area contributed by atoms with Crippen molar-refractivity contribution in [2.24, 2.45) is 13.0 Å². The van der Waals surface area contributed by atoms with E-state index in [-0.39, 0.29) is 12.1 Å². The van der Waals surface area contributed by atoms with Crippen molar-refractivity contribution in [3.05, 3.63) is 17.0 Å². The highest BCUT2D eigenvalue weighted by Gasteiger charge is 2.39. The lowest BCUT2D eigenvalue weighted by atomic mass is 10.1. The molecule has 0 bridgehead atoms. The molecule has 2 amide bonds. The maximum atomic E-state index is 12.4. The zero-order chi connectivity index (χ0) is 16.4. The number of aryl methyl sites for hydroxylation is 2. The van der Waals surface area contributed by atoms with Crippen LogP contribution in [0.3, 0.4) is 0 Å². The van der Waals surface area contributed by atoms with Crippen LogP contribution in [0.15, 0.2) is 0 Å². The Bertz CT molecular complexity index is 565. The Kier molecular flexibility index (Phi) is 4.90. The van der Waals surface area contributed by atoms with Crippen molar-refractivity contribution < 1.29 is 9.53 Å². The van der Waals surface area contributed by atoms with Gasteiger partial charge in [-0.1, -0.05) is 0 Å². The van der Waals surface area contributed by atoms with Crippen LogP contribution in [0, 0.1) is 19.8 Å². The Balaban J connectivity index is 1.45. The number of rotatable bonds is 5. The van der Waals surface area contributed by atoms with Gasteiger partial charge in [-0.25, -0.2) is 4.79 Å². The van der Waals surface area contributed by atoms with Gasteiger partial charge in [0.05, 0.1) is 24.9 Å². The molecule has 128 valence electrons. The summed E-state index contributed by atoms with van der Waals surface area (Å²) in [6.45, 7) is 6.93. The van der Waals surface area contributed by atoms with Crippen molar-refractivity contribution in [2.45, 2.75) is 45.6 Å². The minimum absolute atomic E-state index is 0.0739. The number of ether oxygens (including phenoxy) is 1. The zero-order valence-electron chi connectivity index (χ0n) is 14.5. The van der Waals surface area contributed by atoms with E-state index in [0.29, 0.717) is 32.2 Å². The van der Waals surface area contributed by atoms with E-state index in [4.69, 9.17) is 4.74 Å². The van der Waals surface area contributed by atoms with Crippen LogP contribution >= 0.6 is 0 Å². The highest BCUT2D eigenvalue weighted by atomic mass is 16.5. The summed E-state index contributed by atoms with van der Waals surface area (Å²) in [5.41, 5.74) is 3.62. The number of carbonyl (C=O) groups is 1. The minimum Gasteiger partial charge on any atom is -0.377 e. The quantitative estimate of drug-likeness (QED) is 0.842. The molecule has 6 heteroatoms. The third-order valence-corrected chi connectivity index (χ3v) is 5.13. The van der Waals surface area contributed by atoms with Crippen molar-refractivity contribution in [3.63, 3.8) is 0 Å². The summed E-state index contributed by atoms with van der Waals surface area (Å²) >= 11 is 0. The number of urea groups is 1. The second-order valence-electron chi connectivity index (χ2n) is 6.78. The van der Waals surface area contributed by atoms with Gasteiger partial charge in [0, 0.05) is 25.8 Å². The van der Waals surface area contributed by atoms with E-state index in [1.807, 2.05) is 16.6 Å². The van der Waals surface area contributed by atoms with Gasteiger partial charge in [-0.3, -0.25) is 4.68 Å². The van der Waals surface area contributed by atoms with Crippen LogP contribution in [-0.2, 0) is 18.2 Å². The van der Waals surface area contributed by atoms with Crippen LogP contribution in [0.4, 0.5) is 4.79 Å². The molecule has 1 saturated carbocycles. The number of carbonyl (C=O) groups excluding carboxylic acids is 1. The van der Waals surface area contributed by atoms with E-state index in [1.54, 1.807) is 0 Å². The summed E-state index contributed by atoms with van der Waals surface area (Å²) in [4.78, 5) is 14.4. The van der Waals surface area contributed by atoms with Crippen LogP contribution in [0.1, 0.15) is 36.2 Å². The zero-order valence-corrected chi connectivity index (χ0v) is 14.5. The van der Waals surface area contributed by atoms with Gasteiger partial charge < -0.3 is 15.0 Å². The van der Waals surface area contributed by atoms with E-state index in [0.717, 1.165) is 18.5 Å². The molecule has 23 heavy (non-hydrogen) atoms. The Morgan fingerprint density at radius 2 is 2.17 bits per heavy atom. The first-order valence-corrected chi connectivity index (χ1v) is 8.69. The molecule has 6 nitrogen and oxygen atoms in total. The number of hydrogen-bond donors (Lipinski definition) is 1. The predicted octanol–water partition coefficient (Wildman–Crippen LogP) is 1.79. The summed E-state index contributed by atoms with van der Waals surface area (Å²) in [7, 11) is 1.98. The van der Waals surface area contributed by atoms with E-state index in [1.165, 1.54) is 24.1 Å². The van der Waals surface area contributed by atoms with Crippen molar-refractivity contribution in [2.75, 3.05) is 26.3 Å². The molecule has 0 aromatic carbocycles. The number of amides is 2. The topological polar surface area (TPSA) is 59.4 Å². The molecule has 1 aliphatic carbocycles. The molecule has 1 aromatic heterocycles. The predicted molar refractivity (Wildman–Crippen MR) is 88.4 cm³/mol. The molecular weight excluding hydrogens is 292 g/mol. The molecule has 1 atom stereocenters. The fraction of sp³-hybridized carbons (Fsp3) is 0.765. The summed E-state index contributed by atoms with van der Waals surface area (Å²) in [6.07, 6.45) is 4.37. The molecule has 0 spiro atoms. The van der Waals surface area contributed by atoms with Crippen molar-refractivity contribution in [1.29, 1.82) is 0 Å². The molecule has 2 aliphatic rings. The maximum absolute atomic E-state index is 12.4. The van der Waals surface area contributed by atoms with Gasteiger partial charge in [0.15, 0.2) is 0 Å². The number of nitrogens with zero attached hydrogens (tertiary/aromatic N) is 3. The van der Waals surface area contributed by atoms with E-state index >= 15 is 0 Å². The van der Waals surface area contributed by atoms with E-state index in [2.05, 4.69) is 24.3 Å². The molecule has 1 saturated heterocycles. The Labute approximate surface area is 138 Å². The van der Waals surface area contributed by atoms with Gasteiger partial charge in [0.25, 0.3) is 0 Å². The molecule has 0 unspecified atom stereocenters. The molecule has 2 fully saturated rings. The maximum Gasteiger partial charge on any atom is 0.317 e. The number of morpholine rings is 1. The van der Waals surface area contributed by atoms with Crippen LogP contribution in [-0.4, -0.2) is 53.1 Å². The molecule has 2 heterocycles. The van der Waals surface area contributed by atoms with Gasteiger partial charge in [-0.05, 0) is 51.0 Å². The summed E-state index contributed by atoms with van der Waals surface area (Å²) in [5, 5.41) is 7.53. The minimum atomic E-state index is 0.0739. The largest absolute Gasteiger partial charge is 0.377 e. The Hall–Kier alpha value is -1.56. The monoisotopic (exact) mass is 320 g/mol. The third-order valence-electron chi connectivity index (χ3n) is 5.13. The van der Waals surface area contributed by atoms with Gasteiger partial charge in [-0.2, -0.15) is 5.10 Å². The number of aromatic nitrogens is 2. The van der Waals surface area contributed by atoms with Crippen LogP contribution in [0.2, 0.25) is 0 Å². The summed E-state index contributed by atoms with van der Waals surface area (Å²) in [5.74, 6) is 0.654. The van der Waals surface area contributed by atoms with Crippen molar-refractivity contribution >= 4 is 6.03 Å². The number of nitrogens with one attached hydrogen (secondary N) is 1. The Morgan fingerprint density at radius 1 is 1.39 bits per heavy atom. The third kappa shape index (κ3) is 3.68. The van der Waals surface area contributed by atoms with Gasteiger partial charge >= 0.3 is 6.03 Å². The highest BCUT2D eigenvalue weighted by molar-refractivity contribution is 5.74. The fourth-order valence-corrected chi connectivity index (χ4v) is 3.49. The van der Waals surface area contributed by atoms with E-state index in [9.17, 15) is 4.79 Å².